The highest BCUT2D eigenvalue weighted by atomic mass is 16.5. The van der Waals surface area contributed by atoms with Crippen LogP contribution in [0.1, 0.15) is 6.92 Å². The average molecular weight is 189 g/mol. The summed E-state index contributed by atoms with van der Waals surface area (Å²) in [6.07, 6.45) is 0. The maximum absolute atomic E-state index is 11.2. The minimum Gasteiger partial charge on any atom is -0.409 e. The summed E-state index contributed by atoms with van der Waals surface area (Å²) >= 11 is 0. The molecule has 0 saturated carbocycles. The van der Waals surface area contributed by atoms with Crippen LogP contribution in [0.15, 0.2) is 5.16 Å². The highest BCUT2D eigenvalue weighted by Gasteiger charge is 2.18. The van der Waals surface area contributed by atoms with E-state index in [9.17, 15) is 4.79 Å². The van der Waals surface area contributed by atoms with E-state index >= 15 is 0 Å². The number of nitrogens with zero attached hydrogens (tertiary/aromatic N) is 2. The summed E-state index contributed by atoms with van der Waals surface area (Å²) in [6, 6.07) is -0.437. The van der Waals surface area contributed by atoms with Gasteiger partial charge in [-0.2, -0.15) is 0 Å². The van der Waals surface area contributed by atoms with Crippen LogP contribution < -0.4 is 5.73 Å². The summed E-state index contributed by atoms with van der Waals surface area (Å²) in [6.45, 7) is 1.64. The topological polar surface area (TPSA) is 88.2 Å². The predicted octanol–water partition coefficient (Wildman–Crippen LogP) is -0.774. The van der Waals surface area contributed by atoms with E-state index in [2.05, 4.69) is 9.89 Å². The third-order valence-corrected chi connectivity index (χ3v) is 1.79. The monoisotopic (exact) mass is 189 g/mol. The fourth-order valence-electron chi connectivity index (χ4n) is 0.723. The second-order valence-corrected chi connectivity index (χ2v) is 2.64. The molecule has 1 amide bonds. The number of carbonyl (C=O) groups excluding carboxylic acids is 1. The van der Waals surface area contributed by atoms with Crippen molar-refractivity contribution in [3.05, 3.63) is 0 Å². The van der Waals surface area contributed by atoms with Gasteiger partial charge in [0.1, 0.15) is 6.61 Å². The van der Waals surface area contributed by atoms with Crippen molar-refractivity contribution in [2.45, 2.75) is 13.0 Å². The zero-order valence-corrected chi connectivity index (χ0v) is 8.02. The van der Waals surface area contributed by atoms with E-state index in [1.807, 2.05) is 0 Å². The molecule has 0 aliphatic carbocycles. The Morgan fingerprint density at radius 3 is 2.69 bits per heavy atom. The largest absolute Gasteiger partial charge is 0.409 e. The quantitative estimate of drug-likeness (QED) is 0.263. The molecule has 0 aliphatic heterocycles. The predicted molar refractivity (Wildman–Crippen MR) is 47.5 cm³/mol. The van der Waals surface area contributed by atoms with Gasteiger partial charge in [0.15, 0.2) is 5.84 Å². The van der Waals surface area contributed by atoms with Crippen LogP contribution in [0.5, 0.6) is 0 Å². The van der Waals surface area contributed by atoms with Crippen molar-refractivity contribution in [3.8, 4) is 0 Å². The third-order valence-electron chi connectivity index (χ3n) is 1.79. The number of methoxy groups -OCH3 is 1. The Balaban J connectivity index is 4.24. The molecule has 6 nitrogen and oxygen atoms in total. The molecule has 76 valence electrons. The second-order valence-electron chi connectivity index (χ2n) is 2.64. The number of amides is 1. The van der Waals surface area contributed by atoms with E-state index in [4.69, 9.17) is 10.9 Å². The number of likely N-dealkylation sites (N-methyl/N-ethyl adjacent to an activating group) is 1. The number of amidine groups is 1. The molecular weight excluding hydrogens is 174 g/mol. The van der Waals surface area contributed by atoms with E-state index in [0.29, 0.717) is 0 Å². The molecule has 3 N–H and O–H groups in total. The van der Waals surface area contributed by atoms with Crippen molar-refractivity contribution in [1.29, 1.82) is 0 Å². The molecule has 0 aliphatic rings. The lowest BCUT2D eigenvalue weighted by Gasteiger charge is -2.23. The van der Waals surface area contributed by atoms with Gasteiger partial charge >= 0.3 is 0 Å². The van der Waals surface area contributed by atoms with Crippen molar-refractivity contribution in [2.75, 3.05) is 20.8 Å². The van der Waals surface area contributed by atoms with E-state index in [0.717, 1.165) is 0 Å². The lowest BCUT2D eigenvalue weighted by atomic mass is 10.3. The van der Waals surface area contributed by atoms with Crippen LogP contribution in [0, 0.1) is 0 Å². The summed E-state index contributed by atoms with van der Waals surface area (Å²) < 4.78 is 4.65. The molecule has 0 rings (SSSR count). The summed E-state index contributed by atoms with van der Waals surface area (Å²) in [5.41, 5.74) is 5.32. The minimum atomic E-state index is -0.437. The zero-order chi connectivity index (χ0) is 10.4. The van der Waals surface area contributed by atoms with Gasteiger partial charge in [-0.05, 0) is 6.92 Å². The van der Waals surface area contributed by atoms with Crippen LogP contribution >= 0.6 is 0 Å². The molecule has 13 heavy (non-hydrogen) atoms. The lowest BCUT2D eigenvalue weighted by Crippen LogP contribution is -2.45. The standard InChI is InChI=1S/C7H15N3O3/c1-5(7(8)9-12)10(2)6(11)4-13-3/h5,12H,4H2,1-3H3,(H2,8,9). The van der Waals surface area contributed by atoms with Crippen LogP contribution in [0.4, 0.5) is 0 Å². The van der Waals surface area contributed by atoms with Crippen LogP contribution in [0.2, 0.25) is 0 Å². The zero-order valence-electron chi connectivity index (χ0n) is 8.02. The number of ether oxygens (including phenoxy) is 1. The number of rotatable bonds is 4. The number of oxime groups is 1. The molecular formula is C7H15N3O3. The first-order valence-corrected chi connectivity index (χ1v) is 3.76. The summed E-state index contributed by atoms with van der Waals surface area (Å²) in [7, 11) is 2.99. The Hall–Kier alpha value is -1.30. The van der Waals surface area contributed by atoms with Gasteiger partial charge in [-0.1, -0.05) is 5.16 Å². The van der Waals surface area contributed by atoms with Crippen LogP contribution in [0.25, 0.3) is 0 Å². The maximum Gasteiger partial charge on any atom is 0.248 e. The van der Waals surface area contributed by atoms with Gasteiger partial charge in [0.05, 0.1) is 6.04 Å². The van der Waals surface area contributed by atoms with Crippen molar-refractivity contribution in [3.63, 3.8) is 0 Å². The average Bonchev–Trinajstić information content (AvgIpc) is 2.14. The van der Waals surface area contributed by atoms with Gasteiger partial charge in [-0.3, -0.25) is 4.79 Å². The molecule has 0 fully saturated rings. The lowest BCUT2D eigenvalue weighted by molar-refractivity contribution is -0.134. The summed E-state index contributed by atoms with van der Waals surface area (Å²) in [5, 5.41) is 11.2. The fraction of sp³-hybridized carbons (Fsp3) is 0.714. The molecule has 0 saturated heterocycles. The molecule has 1 unspecified atom stereocenters. The molecule has 0 aromatic rings. The van der Waals surface area contributed by atoms with Crippen molar-refractivity contribution < 1.29 is 14.7 Å². The molecule has 1 atom stereocenters. The molecule has 0 aromatic heterocycles. The maximum atomic E-state index is 11.2. The van der Waals surface area contributed by atoms with E-state index in [-0.39, 0.29) is 18.3 Å². The smallest absolute Gasteiger partial charge is 0.248 e. The molecule has 0 bridgehead atoms. The van der Waals surface area contributed by atoms with Gasteiger partial charge in [0.2, 0.25) is 5.91 Å². The van der Waals surface area contributed by atoms with Crippen LogP contribution in [0.3, 0.4) is 0 Å². The van der Waals surface area contributed by atoms with Crippen molar-refractivity contribution in [1.82, 2.24) is 4.90 Å². The van der Waals surface area contributed by atoms with Crippen molar-refractivity contribution in [2.24, 2.45) is 10.9 Å². The van der Waals surface area contributed by atoms with Gasteiger partial charge in [0.25, 0.3) is 0 Å². The Labute approximate surface area is 76.9 Å². The second kappa shape index (κ2) is 5.36. The van der Waals surface area contributed by atoms with Gasteiger partial charge in [-0.25, -0.2) is 0 Å². The van der Waals surface area contributed by atoms with E-state index in [1.165, 1.54) is 12.0 Å². The Bertz CT molecular complexity index is 205. The minimum absolute atomic E-state index is 0.00745. The SMILES string of the molecule is COCC(=O)N(C)C(C)C(N)=NO. The number of hydrogen-bond acceptors (Lipinski definition) is 4. The van der Waals surface area contributed by atoms with Gasteiger partial charge in [0, 0.05) is 14.2 Å². The van der Waals surface area contributed by atoms with Crippen molar-refractivity contribution >= 4 is 11.7 Å². The highest BCUT2D eigenvalue weighted by Crippen LogP contribution is 1.96. The van der Waals surface area contributed by atoms with Gasteiger partial charge < -0.3 is 20.6 Å². The first-order chi connectivity index (χ1) is 6.04. The summed E-state index contributed by atoms with van der Waals surface area (Å²) in [4.78, 5) is 12.6. The fourth-order valence-corrected chi connectivity index (χ4v) is 0.723. The van der Waals surface area contributed by atoms with Crippen LogP contribution in [-0.4, -0.2) is 48.7 Å². The van der Waals surface area contributed by atoms with Gasteiger partial charge in [-0.15, -0.1) is 0 Å². The normalized spacial score (nSPS) is 13.9. The first kappa shape index (κ1) is 11.7. The summed E-state index contributed by atoms with van der Waals surface area (Å²) in [5.74, 6) is -0.228. The Morgan fingerprint density at radius 2 is 2.31 bits per heavy atom. The molecule has 0 spiro atoms. The first-order valence-electron chi connectivity index (χ1n) is 3.76. The number of carbonyl (C=O) groups is 1. The van der Waals surface area contributed by atoms with E-state index < -0.39 is 6.04 Å². The highest BCUT2D eigenvalue weighted by molar-refractivity contribution is 5.89. The Kier molecular flexibility index (Phi) is 4.83. The molecule has 0 aromatic carbocycles. The molecule has 0 heterocycles. The van der Waals surface area contributed by atoms with E-state index in [1.54, 1.807) is 14.0 Å². The van der Waals surface area contributed by atoms with Crippen LogP contribution in [-0.2, 0) is 9.53 Å². The number of nitrogens with two attached hydrogens (primary N) is 1. The third kappa shape index (κ3) is 3.29. The molecule has 0 radical (unpaired) electrons. The molecule has 6 heteroatoms. The number of hydrogen-bond donors (Lipinski definition) is 2. The Morgan fingerprint density at radius 1 is 1.77 bits per heavy atom.